The summed E-state index contributed by atoms with van der Waals surface area (Å²) in [5.74, 6) is -0.353. The number of benzene rings is 2. The lowest BCUT2D eigenvalue weighted by Gasteiger charge is -2.33. The third-order valence-corrected chi connectivity index (χ3v) is 6.12. The molecule has 0 aliphatic heterocycles. The molecule has 0 saturated heterocycles. The van der Waals surface area contributed by atoms with Gasteiger partial charge in [-0.25, -0.2) is 4.79 Å². The number of amides is 3. The quantitative estimate of drug-likeness (QED) is 0.423. The third kappa shape index (κ3) is 9.47. The molecule has 2 N–H and O–H groups in total. The Morgan fingerprint density at radius 2 is 1.73 bits per heavy atom. The Balaban J connectivity index is 2.42. The number of nitriles is 1. The SMILES string of the molecule is CSCCC(NC(=O)OC(C)(C)C)C(=O)N(CC#N)C(C(=O)NCc1ccccc1)c1ccccc1C. The van der Waals surface area contributed by atoms with Crippen LogP contribution in [0.1, 0.15) is 49.9 Å². The summed E-state index contributed by atoms with van der Waals surface area (Å²) in [6.07, 6.45) is 1.48. The van der Waals surface area contributed by atoms with E-state index in [0.29, 0.717) is 17.7 Å². The highest BCUT2D eigenvalue weighted by atomic mass is 32.2. The second-order valence-corrected chi connectivity index (χ2v) is 10.6. The van der Waals surface area contributed by atoms with Gasteiger partial charge in [0.05, 0.1) is 6.07 Å². The Kier molecular flexibility index (Phi) is 11.5. The Labute approximate surface area is 223 Å². The molecule has 0 aliphatic carbocycles. The van der Waals surface area contributed by atoms with Crippen LogP contribution in [-0.4, -0.2) is 53.0 Å². The van der Waals surface area contributed by atoms with Crippen LogP contribution in [-0.2, 0) is 20.9 Å². The van der Waals surface area contributed by atoms with Crippen molar-refractivity contribution >= 4 is 29.7 Å². The molecule has 0 saturated carbocycles. The maximum absolute atomic E-state index is 13.9. The number of hydrogen-bond donors (Lipinski definition) is 2. The highest BCUT2D eigenvalue weighted by Crippen LogP contribution is 2.26. The predicted molar refractivity (Wildman–Crippen MR) is 146 cm³/mol. The van der Waals surface area contributed by atoms with E-state index >= 15 is 0 Å². The van der Waals surface area contributed by atoms with Crippen molar-refractivity contribution in [1.82, 2.24) is 15.5 Å². The van der Waals surface area contributed by atoms with Crippen molar-refractivity contribution in [2.75, 3.05) is 18.6 Å². The van der Waals surface area contributed by atoms with Crippen molar-refractivity contribution < 1.29 is 19.1 Å². The fourth-order valence-electron chi connectivity index (χ4n) is 3.74. The Hall–Kier alpha value is -3.51. The molecule has 198 valence electrons. The minimum Gasteiger partial charge on any atom is -0.444 e. The lowest BCUT2D eigenvalue weighted by molar-refractivity contribution is -0.141. The molecule has 37 heavy (non-hydrogen) atoms. The zero-order valence-corrected chi connectivity index (χ0v) is 22.9. The van der Waals surface area contributed by atoms with E-state index < -0.39 is 35.6 Å². The molecular formula is C28H36N4O4S. The molecule has 0 bridgehead atoms. The monoisotopic (exact) mass is 524 g/mol. The summed E-state index contributed by atoms with van der Waals surface area (Å²) in [6.45, 7) is 6.99. The predicted octanol–water partition coefficient (Wildman–Crippen LogP) is 4.35. The van der Waals surface area contributed by atoms with Gasteiger partial charge in [0.25, 0.3) is 0 Å². The molecule has 2 unspecified atom stereocenters. The molecular weight excluding hydrogens is 488 g/mol. The van der Waals surface area contributed by atoms with Crippen LogP contribution in [0.15, 0.2) is 54.6 Å². The van der Waals surface area contributed by atoms with Crippen LogP contribution in [0.25, 0.3) is 0 Å². The maximum Gasteiger partial charge on any atom is 0.408 e. The molecule has 8 nitrogen and oxygen atoms in total. The number of aryl methyl sites for hydroxylation is 1. The first-order chi connectivity index (χ1) is 17.6. The number of nitrogens with zero attached hydrogens (tertiary/aromatic N) is 2. The number of carbonyl (C=O) groups excluding carboxylic acids is 3. The summed E-state index contributed by atoms with van der Waals surface area (Å²) in [4.78, 5) is 41.3. The number of hydrogen-bond acceptors (Lipinski definition) is 6. The van der Waals surface area contributed by atoms with E-state index in [9.17, 15) is 19.6 Å². The van der Waals surface area contributed by atoms with Crippen LogP contribution in [0.2, 0.25) is 0 Å². The lowest BCUT2D eigenvalue weighted by Crippen LogP contribution is -2.53. The third-order valence-electron chi connectivity index (χ3n) is 5.48. The smallest absolute Gasteiger partial charge is 0.408 e. The van der Waals surface area contributed by atoms with E-state index in [1.807, 2.05) is 61.7 Å². The molecule has 0 radical (unpaired) electrons. The van der Waals surface area contributed by atoms with Crippen molar-refractivity contribution in [2.45, 2.75) is 58.3 Å². The standard InChI is InChI=1S/C28H36N4O4S/c1-20-11-9-10-14-22(20)24(25(33)30-19-21-12-7-6-8-13-21)32(17-16-29)26(34)23(15-18-37-5)31-27(35)36-28(2,3)4/h6-14,23-24H,15,17-19H2,1-5H3,(H,30,33)(H,31,35). The maximum atomic E-state index is 13.9. The summed E-state index contributed by atoms with van der Waals surface area (Å²) in [5, 5.41) is 15.2. The molecule has 0 fully saturated rings. The summed E-state index contributed by atoms with van der Waals surface area (Å²) in [5.41, 5.74) is 1.57. The first-order valence-electron chi connectivity index (χ1n) is 12.1. The molecule has 0 aliphatic rings. The topological polar surface area (TPSA) is 112 Å². The van der Waals surface area contributed by atoms with Gasteiger partial charge in [-0.15, -0.1) is 0 Å². The average molecular weight is 525 g/mol. The number of thioether (sulfide) groups is 1. The molecule has 0 aromatic heterocycles. The van der Waals surface area contributed by atoms with Crippen molar-refractivity contribution in [3.05, 3.63) is 71.3 Å². The van der Waals surface area contributed by atoms with E-state index in [1.54, 1.807) is 32.9 Å². The fourth-order valence-corrected chi connectivity index (χ4v) is 4.21. The van der Waals surface area contributed by atoms with Crippen LogP contribution >= 0.6 is 11.8 Å². The van der Waals surface area contributed by atoms with Crippen molar-refractivity contribution in [3.63, 3.8) is 0 Å². The molecule has 0 heterocycles. The molecule has 2 aromatic carbocycles. The van der Waals surface area contributed by atoms with Gasteiger partial charge in [0.2, 0.25) is 11.8 Å². The van der Waals surface area contributed by atoms with Crippen LogP contribution in [0.5, 0.6) is 0 Å². The molecule has 9 heteroatoms. The van der Waals surface area contributed by atoms with E-state index in [-0.39, 0.29) is 13.1 Å². The van der Waals surface area contributed by atoms with Crippen LogP contribution in [0, 0.1) is 18.3 Å². The lowest BCUT2D eigenvalue weighted by atomic mass is 9.98. The van der Waals surface area contributed by atoms with Gasteiger partial charge in [-0.05, 0) is 62.8 Å². The molecule has 2 rings (SSSR count). The van der Waals surface area contributed by atoms with Crippen molar-refractivity contribution in [1.29, 1.82) is 5.26 Å². The fraction of sp³-hybridized carbons (Fsp3) is 0.429. The van der Waals surface area contributed by atoms with Crippen LogP contribution in [0.4, 0.5) is 4.79 Å². The minimum absolute atomic E-state index is 0.267. The highest BCUT2D eigenvalue weighted by Gasteiger charge is 2.36. The molecule has 3 amide bonds. The molecule has 0 spiro atoms. The van der Waals surface area contributed by atoms with E-state index in [1.165, 1.54) is 16.7 Å². The van der Waals surface area contributed by atoms with Gasteiger partial charge >= 0.3 is 6.09 Å². The summed E-state index contributed by atoms with van der Waals surface area (Å²) >= 11 is 1.52. The van der Waals surface area contributed by atoms with Gasteiger partial charge in [0.1, 0.15) is 24.2 Å². The number of rotatable bonds is 11. The number of carbonyl (C=O) groups is 3. The van der Waals surface area contributed by atoms with Gasteiger partial charge < -0.3 is 20.3 Å². The Bertz CT molecular complexity index is 1100. The zero-order valence-electron chi connectivity index (χ0n) is 22.1. The van der Waals surface area contributed by atoms with E-state index in [0.717, 1.165) is 11.1 Å². The van der Waals surface area contributed by atoms with Crippen molar-refractivity contribution in [3.8, 4) is 6.07 Å². The largest absolute Gasteiger partial charge is 0.444 e. The highest BCUT2D eigenvalue weighted by molar-refractivity contribution is 7.98. The van der Waals surface area contributed by atoms with Gasteiger partial charge in [0.15, 0.2) is 0 Å². The van der Waals surface area contributed by atoms with Gasteiger partial charge in [-0.3, -0.25) is 9.59 Å². The summed E-state index contributed by atoms with van der Waals surface area (Å²) < 4.78 is 5.37. The second-order valence-electron chi connectivity index (χ2n) is 9.57. The summed E-state index contributed by atoms with van der Waals surface area (Å²) in [7, 11) is 0. The van der Waals surface area contributed by atoms with Crippen LogP contribution in [0.3, 0.4) is 0 Å². The van der Waals surface area contributed by atoms with E-state index in [2.05, 4.69) is 10.6 Å². The zero-order chi connectivity index (χ0) is 27.4. The number of ether oxygens (including phenoxy) is 1. The molecule has 2 atom stereocenters. The van der Waals surface area contributed by atoms with Gasteiger partial charge in [0, 0.05) is 6.54 Å². The minimum atomic E-state index is -1.06. The average Bonchev–Trinajstić information content (AvgIpc) is 2.85. The number of nitrogens with one attached hydrogen (secondary N) is 2. The Morgan fingerprint density at radius 1 is 1.08 bits per heavy atom. The van der Waals surface area contributed by atoms with Crippen molar-refractivity contribution in [2.24, 2.45) is 0 Å². The first-order valence-corrected chi connectivity index (χ1v) is 13.5. The first kappa shape index (κ1) is 29.7. The normalized spacial score (nSPS) is 12.5. The van der Waals surface area contributed by atoms with Gasteiger partial charge in [-0.2, -0.15) is 17.0 Å². The number of alkyl carbamates (subject to hydrolysis) is 1. The van der Waals surface area contributed by atoms with Crippen LogP contribution < -0.4 is 10.6 Å². The van der Waals surface area contributed by atoms with Gasteiger partial charge in [-0.1, -0.05) is 54.6 Å². The Morgan fingerprint density at radius 3 is 2.32 bits per heavy atom. The molecule has 2 aromatic rings. The summed E-state index contributed by atoms with van der Waals surface area (Å²) in [6, 6.07) is 16.7. The van der Waals surface area contributed by atoms with E-state index in [4.69, 9.17) is 4.74 Å². The second kappa shape index (κ2) is 14.3.